The van der Waals surface area contributed by atoms with Crippen molar-refractivity contribution in [2.45, 2.75) is 18.9 Å². The molecular weight excluding hydrogens is 451 g/mol. The molecule has 0 radical (unpaired) electrons. The van der Waals surface area contributed by atoms with Crippen LogP contribution < -0.4 is 15.4 Å². The number of para-hydroxylation sites is 1. The normalized spacial score (nSPS) is 18.9. The third kappa shape index (κ3) is 2.72. The van der Waals surface area contributed by atoms with Crippen LogP contribution >= 0.6 is 11.6 Å². The Hall–Kier alpha value is -3.85. The number of benzene rings is 2. The van der Waals surface area contributed by atoms with E-state index in [1.165, 1.54) is 24.1 Å². The molecule has 2 aliphatic rings. The molecule has 0 saturated carbocycles. The lowest BCUT2D eigenvalue weighted by Crippen LogP contribution is -2.48. The predicted molar refractivity (Wildman–Crippen MR) is 117 cm³/mol. The van der Waals surface area contributed by atoms with Crippen LogP contribution in [0.2, 0.25) is 5.02 Å². The number of fused-ring (bicyclic) bond motifs is 4. The molecule has 2 aromatic carbocycles. The minimum atomic E-state index is -1.70. The summed E-state index contributed by atoms with van der Waals surface area (Å²) in [4.78, 5) is 28.7. The number of methoxy groups -OCH3 is 1. The number of amides is 1. The molecule has 5 rings (SSSR count). The number of H-pyrrole nitrogens is 1. The van der Waals surface area contributed by atoms with Gasteiger partial charge in [-0.05, 0) is 25.1 Å². The Bertz CT molecular complexity index is 1350. The topological polar surface area (TPSA) is 111 Å². The van der Waals surface area contributed by atoms with Crippen LogP contribution in [0.1, 0.15) is 22.4 Å². The number of esters is 1. The molecule has 0 fully saturated rings. The zero-order chi connectivity index (χ0) is 23.5. The van der Waals surface area contributed by atoms with Crippen LogP contribution in [-0.4, -0.2) is 29.2 Å². The molecule has 0 aliphatic carbocycles. The first kappa shape index (κ1) is 21.0. The van der Waals surface area contributed by atoms with Gasteiger partial charge in [0.25, 0.3) is 0 Å². The van der Waals surface area contributed by atoms with E-state index in [0.29, 0.717) is 22.5 Å². The first-order valence-electron chi connectivity index (χ1n) is 9.98. The SMILES string of the molecule is COC(=O)C1=C(N)Oc2n[nH]c(C)c2[C@]12C(=O)N(Cc1c(F)cccc1Cl)c1ccccc12. The Labute approximate surface area is 192 Å². The Balaban J connectivity index is 1.81. The molecule has 1 amide bonds. The van der Waals surface area contributed by atoms with Gasteiger partial charge in [0.2, 0.25) is 17.7 Å². The van der Waals surface area contributed by atoms with Gasteiger partial charge < -0.3 is 20.1 Å². The molecule has 0 saturated heterocycles. The number of nitrogens with one attached hydrogen (secondary N) is 1. The number of carbonyl (C=O) groups is 2. The summed E-state index contributed by atoms with van der Waals surface area (Å²) in [6.45, 7) is 1.55. The predicted octanol–water partition coefficient (Wildman–Crippen LogP) is 3.08. The van der Waals surface area contributed by atoms with E-state index in [1.54, 1.807) is 37.3 Å². The summed E-state index contributed by atoms with van der Waals surface area (Å²) in [6, 6.07) is 11.2. The van der Waals surface area contributed by atoms with Crippen LogP contribution in [0.25, 0.3) is 0 Å². The van der Waals surface area contributed by atoms with Crippen LogP contribution in [0.3, 0.4) is 0 Å². The number of aromatic nitrogens is 2. The highest BCUT2D eigenvalue weighted by molar-refractivity contribution is 6.31. The fourth-order valence-corrected chi connectivity index (χ4v) is 4.90. The second-order valence-electron chi connectivity index (χ2n) is 7.72. The smallest absolute Gasteiger partial charge is 0.340 e. The van der Waals surface area contributed by atoms with Crippen molar-refractivity contribution < 1.29 is 23.5 Å². The first-order chi connectivity index (χ1) is 15.8. The summed E-state index contributed by atoms with van der Waals surface area (Å²) in [6.07, 6.45) is 0. The second kappa shape index (κ2) is 7.35. The molecule has 3 N–H and O–H groups in total. The standard InChI is InChI=1S/C23H18ClFN4O4/c1-11-17-20(28-27-11)33-19(26)18(21(30)32-2)23(17)13-6-3-4-9-16(13)29(22(23)31)10-12-14(24)7-5-8-15(12)25/h3-9H,10,26H2,1-2H3,(H,27,28)/t23-/m0/s1. The molecule has 8 nitrogen and oxygen atoms in total. The van der Waals surface area contributed by atoms with Gasteiger partial charge in [-0.3, -0.25) is 9.89 Å². The molecule has 3 aromatic rings. The first-order valence-corrected chi connectivity index (χ1v) is 10.4. The Kier molecular flexibility index (Phi) is 4.68. The molecule has 1 spiro atoms. The molecular formula is C23H18ClFN4O4. The van der Waals surface area contributed by atoms with E-state index in [-0.39, 0.29) is 34.5 Å². The number of carbonyl (C=O) groups excluding carboxylic acids is 2. The van der Waals surface area contributed by atoms with Crippen molar-refractivity contribution >= 4 is 29.2 Å². The number of nitrogens with zero attached hydrogens (tertiary/aromatic N) is 2. The monoisotopic (exact) mass is 468 g/mol. The van der Waals surface area contributed by atoms with Gasteiger partial charge in [0.1, 0.15) is 16.8 Å². The van der Waals surface area contributed by atoms with Gasteiger partial charge in [-0.1, -0.05) is 35.9 Å². The Morgan fingerprint density at radius 3 is 2.79 bits per heavy atom. The number of nitrogens with two attached hydrogens (primary N) is 1. The Morgan fingerprint density at radius 2 is 2.06 bits per heavy atom. The number of hydrogen-bond donors (Lipinski definition) is 2. The molecule has 168 valence electrons. The third-order valence-corrected chi connectivity index (χ3v) is 6.40. The Morgan fingerprint density at radius 1 is 1.30 bits per heavy atom. The van der Waals surface area contributed by atoms with E-state index in [0.717, 1.165) is 0 Å². The summed E-state index contributed by atoms with van der Waals surface area (Å²) in [5.74, 6) is -2.13. The lowest BCUT2D eigenvalue weighted by atomic mass is 9.68. The zero-order valence-electron chi connectivity index (χ0n) is 17.6. The lowest BCUT2D eigenvalue weighted by molar-refractivity contribution is -0.138. The maximum absolute atomic E-state index is 14.7. The molecule has 3 heterocycles. The molecule has 1 aromatic heterocycles. The fraction of sp³-hybridized carbons (Fsp3) is 0.174. The van der Waals surface area contributed by atoms with E-state index >= 15 is 0 Å². The average Bonchev–Trinajstić information content (AvgIpc) is 3.27. The molecule has 33 heavy (non-hydrogen) atoms. The summed E-state index contributed by atoms with van der Waals surface area (Å²) in [5.41, 5.74) is 6.23. The van der Waals surface area contributed by atoms with Gasteiger partial charge >= 0.3 is 5.97 Å². The minimum Gasteiger partial charge on any atom is -0.465 e. The van der Waals surface area contributed by atoms with E-state index in [1.807, 2.05) is 0 Å². The van der Waals surface area contributed by atoms with Crippen molar-refractivity contribution in [2.75, 3.05) is 12.0 Å². The van der Waals surface area contributed by atoms with Crippen LogP contribution in [0, 0.1) is 12.7 Å². The fourth-order valence-electron chi connectivity index (χ4n) is 4.68. The minimum absolute atomic E-state index is 0.0755. The number of ether oxygens (including phenoxy) is 2. The largest absolute Gasteiger partial charge is 0.465 e. The number of aryl methyl sites for hydroxylation is 1. The van der Waals surface area contributed by atoms with Crippen LogP contribution in [0.5, 0.6) is 5.88 Å². The number of aromatic amines is 1. The van der Waals surface area contributed by atoms with E-state index < -0.39 is 23.1 Å². The number of hydrogen-bond acceptors (Lipinski definition) is 6. The highest BCUT2D eigenvalue weighted by Gasteiger charge is 2.62. The van der Waals surface area contributed by atoms with Gasteiger partial charge in [0, 0.05) is 27.5 Å². The van der Waals surface area contributed by atoms with Crippen LogP contribution in [0.15, 0.2) is 53.9 Å². The molecule has 10 heteroatoms. The zero-order valence-corrected chi connectivity index (χ0v) is 18.4. The second-order valence-corrected chi connectivity index (χ2v) is 8.13. The van der Waals surface area contributed by atoms with Gasteiger partial charge in [0.05, 0.1) is 19.2 Å². The van der Waals surface area contributed by atoms with Gasteiger partial charge in [-0.25, -0.2) is 9.18 Å². The quantitative estimate of drug-likeness (QED) is 0.571. The summed E-state index contributed by atoms with van der Waals surface area (Å²) in [7, 11) is 1.19. The van der Waals surface area contributed by atoms with Crippen LogP contribution in [-0.2, 0) is 26.3 Å². The molecule has 0 unspecified atom stereocenters. The van der Waals surface area contributed by atoms with Gasteiger partial charge in [-0.2, -0.15) is 0 Å². The van der Waals surface area contributed by atoms with Gasteiger partial charge in [-0.15, -0.1) is 5.10 Å². The number of halogens is 2. The molecule has 1 atom stereocenters. The summed E-state index contributed by atoms with van der Waals surface area (Å²) in [5, 5.41) is 7.10. The van der Waals surface area contributed by atoms with E-state index in [2.05, 4.69) is 10.2 Å². The van der Waals surface area contributed by atoms with Crippen molar-refractivity contribution in [3.8, 4) is 5.88 Å². The van der Waals surface area contributed by atoms with Crippen molar-refractivity contribution in [2.24, 2.45) is 5.73 Å². The van der Waals surface area contributed by atoms with Crippen molar-refractivity contribution in [1.82, 2.24) is 10.2 Å². The average molecular weight is 469 g/mol. The molecule has 0 bridgehead atoms. The van der Waals surface area contributed by atoms with E-state index in [9.17, 15) is 14.0 Å². The number of rotatable bonds is 3. The summed E-state index contributed by atoms with van der Waals surface area (Å²) < 4.78 is 25.2. The summed E-state index contributed by atoms with van der Waals surface area (Å²) >= 11 is 6.26. The van der Waals surface area contributed by atoms with Crippen molar-refractivity contribution in [3.63, 3.8) is 0 Å². The van der Waals surface area contributed by atoms with Gasteiger partial charge in [0.15, 0.2) is 0 Å². The maximum atomic E-state index is 14.7. The lowest BCUT2D eigenvalue weighted by Gasteiger charge is -2.34. The number of anilines is 1. The van der Waals surface area contributed by atoms with Crippen LogP contribution in [0.4, 0.5) is 10.1 Å². The maximum Gasteiger partial charge on any atom is 0.340 e. The van der Waals surface area contributed by atoms with Crippen molar-refractivity contribution in [1.29, 1.82) is 0 Å². The molecule has 2 aliphatic heterocycles. The van der Waals surface area contributed by atoms with Crippen molar-refractivity contribution in [3.05, 3.63) is 87.1 Å². The van der Waals surface area contributed by atoms with E-state index in [4.69, 9.17) is 26.8 Å². The highest BCUT2D eigenvalue weighted by atomic mass is 35.5. The highest BCUT2D eigenvalue weighted by Crippen LogP contribution is 2.56. The third-order valence-electron chi connectivity index (χ3n) is 6.05.